The molecule has 0 bridgehead atoms. The number of hydrogen-bond acceptors (Lipinski definition) is 5. The molecule has 1 fully saturated rings. The maximum absolute atomic E-state index is 12.5. The van der Waals surface area contributed by atoms with E-state index in [4.69, 9.17) is 4.74 Å². The average molecular weight is 344 g/mol. The standard InChI is InChI=1S/C14H20N2O4S2/c1-2-7-16(22(18,19)14-4-3-10-21-14)11-13(17)15-12-5-8-20-9-6-12/h2-4,10,12H,1,5-9,11H2,(H,15,17). The van der Waals surface area contributed by atoms with E-state index in [2.05, 4.69) is 11.9 Å². The van der Waals surface area contributed by atoms with Crippen LogP contribution in [0.2, 0.25) is 0 Å². The van der Waals surface area contributed by atoms with E-state index in [1.54, 1.807) is 11.4 Å². The Balaban J connectivity index is 2.02. The number of nitrogens with one attached hydrogen (secondary N) is 1. The third-order valence-corrected chi connectivity index (χ3v) is 6.51. The Labute approximate surface area is 134 Å². The van der Waals surface area contributed by atoms with E-state index in [1.807, 2.05) is 0 Å². The van der Waals surface area contributed by atoms with Gasteiger partial charge in [-0.3, -0.25) is 4.79 Å². The zero-order valence-electron chi connectivity index (χ0n) is 12.2. The van der Waals surface area contributed by atoms with Crippen LogP contribution in [0.1, 0.15) is 12.8 Å². The lowest BCUT2D eigenvalue weighted by Gasteiger charge is -2.25. The summed E-state index contributed by atoms with van der Waals surface area (Å²) in [6.45, 7) is 4.70. The summed E-state index contributed by atoms with van der Waals surface area (Å²) < 4.78 is 31.6. The normalized spacial score (nSPS) is 16.6. The lowest BCUT2D eigenvalue weighted by molar-refractivity contribution is -0.122. The van der Waals surface area contributed by atoms with E-state index in [9.17, 15) is 13.2 Å². The van der Waals surface area contributed by atoms with Gasteiger partial charge in [0.1, 0.15) is 4.21 Å². The van der Waals surface area contributed by atoms with Gasteiger partial charge in [0.05, 0.1) is 6.54 Å². The summed E-state index contributed by atoms with van der Waals surface area (Å²) in [5.41, 5.74) is 0. The van der Waals surface area contributed by atoms with Crippen molar-refractivity contribution in [1.29, 1.82) is 0 Å². The average Bonchev–Trinajstić information content (AvgIpc) is 3.03. The van der Waals surface area contributed by atoms with Crippen molar-refractivity contribution in [3.05, 3.63) is 30.2 Å². The van der Waals surface area contributed by atoms with Gasteiger partial charge >= 0.3 is 0 Å². The molecule has 1 aromatic rings. The Morgan fingerprint density at radius 1 is 1.50 bits per heavy atom. The quantitative estimate of drug-likeness (QED) is 0.755. The number of ether oxygens (including phenoxy) is 1. The first kappa shape index (κ1) is 17.1. The maximum Gasteiger partial charge on any atom is 0.253 e. The minimum atomic E-state index is -3.66. The molecule has 0 aromatic carbocycles. The Morgan fingerprint density at radius 2 is 2.23 bits per heavy atom. The van der Waals surface area contributed by atoms with Crippen LogP contribution in [-0.2, 0) is 19.6 Å². The van der Waals surface area contributed by atoms with Gasteiger partial charge in [0.2, 0.25) is 5.91 Å². The lowest BCUT2D eigenvalue weighted by Crippen LogP contribution is -2.45. The van der Waals surface area contributed by atoms with Crippen molar-refractivity contribution in [2.45, 2.75) is 23.1 Å². The van der Waals surface area contributed by atoms with E-state index >= 15 is 0 Å². The van der Waals surface area contributed by atoms with Crippen molar-refractivity contribution >= 4 is 27.3 Å². The van der Waals surface area contributed by atoms with Crippen LogP contribution in [0.15, 0.2) is 34.4 Å². The molecule has 122 valence electrons. The molecule has 0 saturated carbocycles. The van der Waals surface area contributed by atoms with Crippen LogP contribution in [0.3, 0.4) is 0 Å². The highest BCUT2D eigenvalue weighted by atomic mass is 32.2. The van der Waals surface area contributed by atoms with Crippen molar-refractivity contribution in [2.24, 2.45) is 0 Å². The third kappa shape index (κ3) is 4.39. The minimum Gasteiger partial charge on any atom is -0.381 e. The largest absolute Gasteiger partial charge is 0.381 e. The topological polar surface area (TPSA) is 75.7 Å². The van der Waals surface area contributed by atoms with Gasteiger partial charge in [0.25, 0.3) is 10.0 Å². The van der Waals surface area contributed by atoms with Crippen LogP contribution < -0.4 is 5.32 Å². The van der Waals surface area contributed by atoms with E-state index in [1.165, 1.54) is 12.1 Å². The predicted molar refractivity (Wildman–Crippen MR) is 85.3 cm³/mol. The highest BCUT2D eigenvalue weighted by Gasteiger charge is 2.27. The fourth-order valence-corrected chi connectivity index (χ4v) is 4.72. The molecule has 0 spiro atoms. The highest BCUT2D eigenvalue weighted by molar-refractivity contribution is 7.91. The van der Waals surface area contributed by atoms with Gasteiger partial charge in [-0.15, -0.1) is 17.9 Å². The van der Waals surface area contributed by atoms with Crippen LogP contribution in [0, 0.1) is 0 Å². The summed E-state index contributed by atoms with van der Waals surface area (Å²) >= 11 is 1.13. The molecule has 2 rings (SSSR count). The second-order valence-electron chi connectivity index (χ2n) is 4.97. The highest BCUT2D eigenvalue weighted by Crippen LogP contribution is 2.20. The molecule has 22 heavy (non-hydrogen) atoms. The summed E-state index contributed by atoms with van der Waals surface area (Å²) in [5.74, 6) is -0.297. The van der Waals surface area contributed by atoms with Crippen LogP contribution in [-0.4, -0.2) is 51.0 Å². The summed E-state index contributed by atoms with van der Waals surface area (Å²) in [5, 5.41) is 4.56. The van der Waals surface area contributed by atoms with Gasteiger partial charge in [0.15, 0.2) is 0 Å². The number of amides is 1. The molecular formula is C14H20N2O4S2. The maximum atomic E-state index is 12.5. The summed E-state index contributed by atoms with van der Waals surface area (Å²) in [6.07, 6.45) is 2.99. The lowest BCUT2D eigenvalue weighted by atomic mass is 10.1. The Hall–Kier alpha value is -1.22. The second-order valence-corrected chi connectivity index (χ2v) is 8.08. The molecule has 1 amide bonds. The monoisotopic (exact) mass is 344 g/mol. The SMILES string of the molecule is C=CCN(CC(=O)NC1CCOCC1)S(=O)(=O)c1cccs1. The third-order valence-electron chi connectivity index (χ3n) is 3.33. The number of hydrogen-bond donors (Lipinski definition) is 1. The molecule has 1 aliphatic heterocycles. The molecule has 1 N–H and O–H groups in total. The van der Waals surface area contributed by atoms with E-state index in [0.717, 1.165) is 28.5 Å². The number of sulfonamides is 1. The van der Waals surface area contributed by atoms with Gasteiger partial charge in [-0.1, -0.05) is 12.1 Å². The molecular weight excluding hydrogens is 324 g/mol. The van der Waals surface area contributed by atoms with Gasteiger partial charge < -0.3 is 10.1 Å². The zero-order valence-corrected chi connectivity index (χ0v) is 13.9. The second kappa shape index (κ2) is 7.87. The molecule has 0 atom stereocenters. The molecule has 2 heterocycles. The summed E-state index contributed by atoms with van der Waals surface area (Å²) in [6, 6.07) is 3.26. The molecule has 1 aromatic heterocycles. The number of nitrogens with zero attached hydrogens (tertiary/aromatic N) is 1. The van der Waals surface area contributed by atoms with Crippen molar-refractivity contribution in [3.63, 3.8) is 0 Å². The predicted octanol–water partition coefficient (Wildman–Crippen LogP) is 1.22. The van der Waals surface area contributed by atoms with Gasteiger partial charge in [-0.25, -0.2) is 8.42 Å². The van der Waals surface area contributed by atoms with Gasteiger partial charge in [-0.2, -0.15) is 4.31 Å². The number of carbonyl (C=O) groups excluding carboxylic acids is 1. The summed E-state index contributed by atoms with van der Waals surface area (Å²) in [7, 11) is -3.66. The molecule has 0 unspecified atom stereocenters. The van der Waals surface area contributed by atoms with Crippen LogP contribution in [0.4, 0.5) is 0 Å². The Bertz CT molecular complexity index is 592. The van der Waals surface area contributed by atoms with Crippen molar-refractivity contribution in [3.8, 4) is 0 Å². The fourth-order valence-electron chi connectivity index (χ4n) is 2.20. The van der Waals surface area contributed by atoms with E-state index in [0.29, 0.717) is 13.2 Å². The first-order valence-electron chi connectivity index (χ1n) is 7.05. The number of carbonyl (C=O) groups is 1. The first-order valence-corrected chi connectivity index (χ1v) is 9.37. The minimum absolute atomic E-state index is 0.0521. The molecule has 0 aliphatic carbocycles. The zero-order chi connectivity index (χ0) is 16.0. The fraction of sp³-hybridized carbons (Fsp3) is 0.500. The summed E-state index contributed by atoms with van der Waals surface area (Å²) in [4.78, 5) is 12.1. The molecule has 8 heteroatoms. The first-order chi connectivity index (χ1) is 10.5. The van der Waals surface area contributed by atoms with E-state index in [-0.39, 0.29) is 29.2 Å². The molecule has 6 nitrogen and oxygen atoms in total. The Kier molecular flexibility index (Phi) is 6.13. The van der Waals surface area contributed by atoms with Crippen molar-refractivity contribution in [2.75, 3.05) is 26.3 Å². The van der Waals surface area contributed by atoms with Crippen molar-refractivity contribution in [1.82, 2.24) is 9.62 Å². The Morgan fingerprint density at radius 3 is 2.82 bits per heavy atom. The van der Waals surface area contributed by atoms with Crippen molar-refractivity contribution < 1.29 is 17.9 Å². The number of rotatable bonds is 7. The molecule has 1 saturated heterocycles. The van der Waals surface area contributed by atoms with E-state index < -0.39 is 10.0 Å². The smallest absolute Gasteiger partial charge is 0.253 e. The van der Waals surface area contributed by atoms with Crippen LogP contribution in [0.5, 0.6) is 0 Å². The van der Waals surface area contributed by atoms with Crippen LogP contribution >= 0.6 is 11.3 Å². The van der Waals surface area contributed by atoms with Crippen LogP contribution in [0.25, 0.3) is 0 Å². The molecule has 0 radical (unpaired) electrons. The number of thiophene rings is 1. The van der Waals surface area contributed by atoms with Gasteiger partial charge in [0, 0.05) is 25.8 Å². The molecule has 1 aliphatic rings. The van der Waals surface area contributed by atoms with Gasteiger partial charge in [-0.05, 0) is 24.3 Å².